The van der Waals surface area contributed by atoms with E-state index in [0.29, 0.717) is 0 Å². The molecule has 0 aromatic carbocycles. The summed E-state index contributed by atoms with van der Waals surface area (Å²) in [5, 5.41) is 3.60. The Kier molecular flexibility index (Phi) is 93.7. The maximum absolute atomic E-state index is 8.81. The minimum atomic E-state index is 0. The highest BCUT2D eigenvalue weighted by molar-refractivity contribution is 5.52. The van der Waals surface area contributed by atoms with Gasteiger partial charge in [0.25, 0.3) is 0 Å². The van der Waals surface area contributed by atoms with Crippen LogP contribution in [0.25, 0.3) is 0 Å². The molecule has 4 N–H and O–H groups in total. The maximum Gasteiger partial charge on any atom is 0.116 e. The van der Waals surface area contributed by atoms with Crippen LogP contribution in [0.5, 0.6) is 0 Å². The van der Waals surface area contributed by atoms with Crippen molar-refractivity contribution in [1.29, 1.82) is 0 Å². The summed E-state index contributed by atoms with van der Waals surface area (Å²) < 4.78 is 0. The summed E-state index contributed by atoms with van der Waals surface area (Å²) in [7, 11) is 3.42. The number of rotatable bonds is 1. The molecule has 0 atom stereocenters. The second-order valence-corrected chi connectivity index (χ2v) is 1.14. The van der Waals surface area contributed by atoms with E-state index in [1.165, 1.54) is 6.92 Å². The summed E-state index contributed by atoms with van der Waals surface area (Å²) >= 11 is 0. The van der Waals surface area contributed by atoms with Crippen molar-refractivity contribution in [3.8, 4) is 0 Å². The summed E-state index contributed by atoms with van der Waals surface area (Å²) in [6.45, 7) is 3.30. The molecule has 5 nitrogen and oxygen atoms in total. The Balaban J connectivity index is -0.0000000406. The zero-order valence-electron chi connectivity index (χ0n) is 7.59. The van der Waals surface area contributed by atoms with E-state index in [1.807, 2.05) is 6.92 Å². The number of nitrogens with one attached hydrogen (secondary N) is 2. The van der Waals surface area contributed by atoms with Crippen molar-refractivity contribution < 1.29 is 4.79 Å². The SMILES string of the molecule is C.CC=NNC.CC=O.CNN. The van der Waals surface area contributed by atoms with Crippen molar-refractivity contribution in [2.75, 3.05) is 14.1 Å². The molecule has 0 radical (unpaired) electrons. The lowest BCUT2D eigenvalue weighted by molar-refractivity contribution is -0.106. The minimum absolute atomic E-state index is 0. The molecule has 0 aliphatic carbocycles. The van der Waals surface area contributed by atoms with Gasteiger partial charge in [-0.2, -0.15) is 5.10 Å². The molecule has 0 amide bonds. The Hall–Kier alpha value is -0.940. The van der Waals surface area contributed by atoms with Crippen molar-refractivity contribution in [2.24, 2.45) is 10.9 Å². The molecule has 0 aliphatic rings. The van der Waals surface area contributed by atoms with E-state index in [-0.39, 0.29) is 7.43 Å². The molecule has 76 valence electrons. The Labute approximate surface area is 75.4 Å². The minimum Gasteiger partial charge on any atom is -0.313 e. The molecule has 0 fully saturated rings. The molecule has 5 heteroatoms. The fraction of sp³-hybridized carbons (Fsp3) is 0.714. The van der Waals surface area contributed by atoms with Gasteiger partial charge in [-0.15, -0.1) is 0 Å². The van der Waals surface area contributed by atoms with E-state index >= 15 is 0 Å². The second kappa shape index (κ2) is 50.1. The van der Waals surface area contributed by atoms with Gasteiger partial charge >= 0.3 is 0 Å². The highest BCUT2D eigenvalue weighted by atomic mass is 16.1. The van der Waals surface area contributed by atoms with Gasteiger partial charge in [0.2, 0.25) is 0 Å². The zero-order valence-corrected chi connectivity index (χ0v) is 7.59. The van der Waals surface area contributed by atoms with E-state index in [1.54, 1.807) is 20.3 Å². The molecule has 12 heavy (non-hydrogen) atoms. The number of nitrogens with two attached hydrogens (primary N) is 1. The van der Waals surface area contributed by atoms with Crippen LogP contribution in [0.15, 0.2) is 5.10 Å². The Morgan fingerprint density at radius 1 is 1.33 bits per heavy atom. The number of hydrazone groups is 1. The third-order valence-electron chi connectivity index (χ3n) is 0.258. The molecule has 0 bridgehead atoms. The van der Waals surface area contributed by atoms with Crippen molar-refractivity contribution in [3.05, 3.63) is 0 Å². The smallest absolute Gasteiger partial charge is 0.116 e. The second-order valence-electron chi connectivity index (χ2n) is 1.14. The quantitative estimate of drug-likeness (QED) is 0.231. The summed E-state index contributed by atoms with van der Waals surface area (Å²) in [4.78, 5) is 8.81. The number of nitrogens with zero attached hydrogens (tertiary/aromatic N) is 1. The van der Waals surface area contributed by atoms with Gasteiger partial charge in [-0.25, -0.2) is 0 Å². The molecule has 0 aromatic heterocycles. The van der Waals surface area contributed by atoms with Gasteiger partial charge in [-0.1, -0.05) is 7.43 Å². The first-order chi connectivity index (χ1) is 5.24. The van der Waals surface area contributed by atoms with Gasteiger partial charge in [-0.05, 0) is 20.9 Å². The Morgan fingerprint density at radius 2 is 1.58 bits per heavy atom. The average molecular weight is 178 g/mol. The van der Waals surface area contributed by atoms with Gasteiger partial charge in [0.15, 0.2) is 0 Å². The van der Waals surface area contributed by atoms with E-state index in [2.05, 4.69) is 21.8 Å². The van der Waals surface area contributed by atoms with Gasteiger partial charge in [0.05, 0.1) is 0 Å². The van der Waals surface area contributed by atoms with Crippen molar-refractivity contribution >= 4 is 12.5 Å². The summed E-state index contributed by atoms with van der Waals surface area (Å²) in [5.41, 5.74) is 4.84. The topological polar surface area (TPSA) is 79.5 Å². The molecule has 0 aromatic rings. The van der Waals surface area contributed by atoms with E-state index in [4.69, 9.17) is 4.79 Å². The normalized spacial score (nSPS) is 6.42. The van der Waals surface area contributed by atoms with Gasteiger partial charge in [-0.3, -0.25) is 11.3 Å². The predicted octanol–water partition coefficient (Wildman–Crippen LogP) is 0.132. The molecular weight excluding hydrogens is 156 g/mol. The third kappa shape index (κ3) is 524. The van der Waals surface area contributed by atoms with Crippen LogP contribution in [-0.2, 0) is 4.79 Å². The van der Waals surface area contributed by atoms with Gasteiger partial charge in [0.1, 0.15) is 6.29 Å². The van der Waals surface area contributed by atoms with Gasteiger partial charge in [0, 0.05) is 13.3 Å². The first kappa shape index (κ1) is 22.5. The first-order valence-corrected chi connectivity index (χ1v) is 3.16. The van der Waals surface area contributed by atoms with Crippen molar-refractivity contribution in [2.45, 2.75) is 21.3 Å². The lowest BCUT2D eigenvalue weighted by Gasteiger charge is -1.75. The number of carbonyl (C=O) groups is 1. The predicted molar refractivity (Wildman–Crippen MR) is 54.9 cm³/mol. The lowest BCUT2D eigenvalue weighted by atomic mass is 10.9. The molecule has 0 unspecified atom stereocenters. The van der Waals surface area contributed by atoms with Crippen LogP contribution in [0.3, 0.4) is 0 Å². The number of hydrogen-bond acceptors (Lipinski definition) is 5. The largest absolute Gasteiger partial charge is 0.313 e. The highest BCUT2D eigenvalue weighted by Gasteiger charge is 1.44. The van der Waals surface area contributed by atoms with Crippen LogP contribution in [0, 0.1) is 0 Å². The number of hydrazine groups is 1. The molecule has 0 rings (SSSR count). The maximum atomic E-state index is 8.81. The highest BCUT2D eigenvalue weighted by Crippen LogP contribution is 1.41. The number of carbonyl (C=O) groups excluding carboxylic acids is 1. The summed E-state index contributed by atoms with van der Waals surface area (Å²) in [6, 6.07) is 0. The van der Waals surface area contributed by atoms with Crippen LogP contribution in [0.1, 0.15) is 21.3 Å². The molecule has 0 spiro atoms. The zero-order chi connectivity index (χ0) is 9.54. The summed E-state index contributed by atoms with van der Waals surface area (Å²) in [6.07, 6.45) is 2.44. The van der Waals surface area contributed by atoms with E-state index < -0.39 is 0 Å². The fourth-order valence-electron chi connectivity index (χ4n) is 0.129. The molecular formula is C7H22N4O. The van der Waals surface area contributed by atoms with E-state index in [9.17, 15) is 0 Å². The average Bonchev–Trinajstić information content (AvgIpc) is 1.92. The third-order valence-corrected chi connectivity index (χ3v) is 0.258. The molecule has 0 aliphatic heterocycles. The Morgan fingerprint density at radius 3 is 1.58 bits per heavy atom. The van der Waals surface area contributed by atoms with Crippen LogP contribution < -0.4 is 16.7 Å². The number of aldehydes is 1. The van der Waals surface area contributed by atoms with E-state index in [0.717, 1.165) is 6.29 Å². The van der Waals surface area contributed by atoms with Gasteiger partial charge < -0.3 is 10.2 Å². The van der Waals surface area contributed by atoms with Crippen molar-refractivity contribution in [3.63, 3.8) is 0 Å². The molecule has 0 saturated carbocycles. The van der Waals surface area contributed by atoms with Crippen molar-refractivity contribution in [1.82, 2.24) is 10.9 Å². The monoisotopic (exact) mass is 178 g/mol. The standard InChI is InChI=1S/C3H8N2.C2H4O.CH6N2.CH4/c1-3-5-4-2;1-2-3;1-3-2;/h3-4H,1-2H3;2H,1H3;3H,2H2,1H3;1H4. The van der Waals surface area contributed by atoms with Crippen LogP contribution >= 0.6 is 0 Å². The number of hydrogen-bond donors (Lipinski definition) is 3. The Bertz CT molecular complexity index is 75.8. The van der Waals surface area contributed by atoms with Crippen LogP contribution in [0.4, 0.5) is 0 Å². The van der Waals surface area contributed by atoms with Crippen LogP contribution in [-0.4, -0.2) is 26.6 Å². The van der Waals surface area contributed by atoms with Crippen LogP contribution in [0.2, 0.25) is 0 Å². The first-order valence-electron chi connectivity index (χ1n) is 3.16. The lowest BCUT2D eigenvalue weighted by Crippen LogP contribution is -2.13. The summed E-state index contributed by atoms with van der Waals surface area (Å²) in [5.74, 6) is 4.60. The molecule has 0 heterocycles. The fourth-order valence-corrected chi connectivity index (χ4v) is 0.129. The molecule has 0 saturated heterocycles.